The molecule has 1 aliphatic heterocycles. The van der Waals surface area contributed by atoms with Crippen LogP contribution in [0.25, 0.3) is 0 Å². The number of rotatable bonds is 4. The molecule has 92 valence electrons. The Labute approximate surface area is 102 Å². The van der Waals surface area contributed by atoms with Crippen molar-refractivity contribution < 1.29 is 9.59 Å². The van der Waals surface area contributed by atoms with Crippen LogP contribution < -0.4 is 0 Å². The second-order valence-electron chi connectivity index (χ2n) is 4.91. The predicted octanol–water partition coefficient (Wildman–Crippen LogP) is 2.01. The lowest BCUT2D eigenvalue weighted by Gasteiger charge is -2.17. The average molecular weight is 233 g/mol. The fourth-order valence-corrected chi connectivity index (χ4v) is 3.21. The minimum Gasteiger partial charge on any atom is -0.282 e. The van der Waals surface area contributed by atoms with Crippen LogP contribution in [0.2, 0.25) is 0 Å². The van der Waals surface area contributed by atoms with Gasteiger partial charge in [-0.15, -0.1) is 13.2 Å². The summed E-state index contributed by atoms with van der Waals surface area (Å²) in [7, 11) is 0. The number of nitrogens with zero attached hydrogens (tertiary/aromatic N) is 1. The summed E-state index contributed by atoms with van der Waals surface area (Å²) in [6, 6.07) is 0. The number of fused-ring (bicyclic) bond motifs is 1. The third-order valence-corrected chi connectivity index (χ3v) is 4.01. The summed E-state index contributed by atoms with van der Waals surface area (Å²) in [4.78, 5) is 25.9. The fourth-order valence-electron chi connectivity index (χ4n) is 3.21. The zero-order chi connectivity index (χ0) is 12.6. The zero-order valence-electron chi connectivity index (χ0n) is 10.3. The van der Waals surface area contributed by atoms with Gasteiger partial charge in [-0.2, -0.15) is 0 Å². The van der Waals surface area contributed by atoms with Crippen LogP contribution in [0.3, 0.4) is 0 Å². The van der Waals surface area contributed by atoms with E-state index in [-0.39, 0.29) is 35.5 Å². The highest BCUT2D eigenvalue weighted by Crippen LogP contribution is 2.48. The molecule has 3 nitrogen and oxygen atoms in total. The molecule has 0 radical (unpaired) electrons. The molecular weight excluding hydrogens is 214 g/mol. The van der Waals surface area contributed by atoms with Gasteiger partial charge in [0.25, 0.3) is 0 Å². The van der Waals surface area contributed by atoms with Crippen LogP contribution in [0, 0.1) is 23.7 Å². The number of hydrogen-bond donors (Lipinski definition) is 0. The van der Waals surface area contributed by atoms with E-state index in [1.807, 2.05) is 19.1 Å². The molecular formula is C14H19NO2. The van der Waals surface area contributed by atoms with Crippen LogP contribution in [0.1, 0.15) is 19.8 Å². The molecule has 2 aliphatic rings. The molecule has 2 amide bonds. The number of likely N-dealkylation sites (tertiary alicyclic amines) is 1. The molecule has 0 aromatic carbocycles. The molecule has 1 heterocycles. The summed E-state index contributed by atoms with van der Waals surface area (Å²) in [6.07, 6.45) is 5.29. The van der Waals surface area contributed by atoms with E-state index in [1.54, 1.807) is 0 Å². The maximum atomic E-state index is 12.2. The van der Waals surface area contributed by atoms with Gasteiger partial charge in [0, 0.05) is 6.54 Å². The summed E-state index contributed by atoms with van der Waals surface area (Å²) in [5.74, 6) is -0.126. The van der Waals surface area contributed by atoms with Crippen molar-refractivity contribution in [2.24, 2.45) is 23.7 Å². The number of amides is 2. The molecule has 1 saturated heterocycles. The number of carbonyl (C=O) groups is 2. The van der Waals surface area contributed by atoms with Crippen molar-refractivity contribution in [2.45, 2.75) is 19.8 Å². The molecule has 1 aliphatic carbocycles. The molecule has 2 fully saturated rings. The van der Waals surface area contributed by atoms with Gasteiger partial charge < -0.3 is 0 Å². The van der Waals surface area contributed by atoms with Gasteiger partial charge in [-0.05, 0) is 24.7 Å². The Morgan fingerprint density at radius 3 is 2.00 bits per heavy atom. The maximum Gasteiger partial charge on any atom is 0.233 e. The highest BCUT2D eigenvalue weighted by atomic mass is 16.2. The van der Waals surface area contributed by atoms with Crippen molar-refractivity contribution in [3.63, 3.8) is 0 Å². The standard InChI is InChI=1S/C14H19NO2/c1-4-7-15-13(16)11-9(5-2)8-10(6-3)12(11)14(15)17/h5-6,9-12H,2-4,7-8H2,1H3. The average Bonchev–Trinajstić information content (AvgIpc) is 2.82. The Balaban J connectivity index is 2.32. The lowest BCUT2D eigenvalue weighted by atomic mass is 9.89. The lowest BCUT2D eigenvalue weighted by Crippen LogP contribution is -2.34. The van der Waals surface area contributed by atoms with Gasteiger partial charge in [0.05, 0.1) is 11.8 Å². The van der Waals surface area contributed by atoms with Crippen molar-refractivity contribution in [1.82, 2.24) is 4.90 Å². The van der Waals surface area contributed by atoms with E-state index >= 15 is 0 Å². The first-order chi connectivity index (χ1) is 8.15. The van der Waals surface area contributed by atoms with Gasteiger partial charge in [-0.1, -0.05) is 19.1 Å². The van der Waals surface area contributed by atoms with E-state index in [4.69, 9.17) is 0 Å². The molecule has 17 heavy (non-hydrogen) atoms. The van der Waals surface area contributed by atoms with Crippen molar-refractivity contribution in [2.75, 3.05) is 6.54 Å². The second-order valence-corrected chi connectivity index (χ2v) is 4.91. The highest BCUT2D eigenvalue weighted by Gasteiger charge is 2.56. The van der Waals surface area contributed by atoms with Crippen molar-refractivity contribution in [1.29, 1.82) is 0 Å². The quantitative estimate of drug-likeness (QED) is 0.550. The fraction of sp³-hybridized carbons (Fsp3) is 0.571. The third-order valence-electron chi connectivity index (χ3n) is 4.01. The van der Waals surface area contributed by atoms with Crippen molar-refractivity contribution in [3.8, 4) is 0 Å². The van der Waals surface area contributed by atoms with Gasteiger partial charge in [-0.3, -0.25) is 14.5 Å². The number of imide groups is 1. The van der Waals surface area contributed by atoms with Crippen LogP contribution in [-0.4, -0.2) is 23.3 Å². The Morgan fingerprint density at radius 2 is 1.65 bits per heavy atom. The van der Waals surface area contributed by atoms with Crippen LogP contribution in [0.15, 0.2) is 25.3 Å². The summed E-state index contributed by atoms with van der Waals surface area (Å²) in [5.41, 5.74) is 0. The molecule has 0 bridgehead atoms. The van der Waals surface area contributed by atoms with E-state index in [0.717, 1.165) is 12.8 Å². The first kappa shape index (κ1) is 12.1. The molecule has 2 rings (SSSR count). The second kappa shape index (κ2) is 4.47. The monoisotopic (exact) mass is 233 g/mol. The van der Waals surface area contributed by atoms with Gasteiger partial charge in [0.2, 0.25) is 11.8 Å². The van der Waals surface area contributed by atoms with E-state index in [0.29, 0.717) is 6.54 Å². The van der Waals surface area contributed by atoms with Crippen LogP contribution in [-0.2, 0) is 9.59 Å². The minimum atomic E-state index is -0.186. The van der Waals surface area contributed by atoms with Crippen LogP contribution in [0.4, 0.5) is 0 Å². The van der Waals surface area contributed by atoms with E-state index in [1.165, 1.54) is 4.90 Å². The predicted molar refractivity (Wildman–Crippen MR) is 66.0 cm³/mol. The molecule has 0 N–H and O–H groups in total. The van der Waals surface area contributed by atoms with Gasteiger partial charge >= 0.3 is 0 Å². The topological polar surface area (TPSA) is 37.4 Å². The molecule has 3 heteroatoms. The smallest absolute Gasteiger partial charge is 0.233 e. The largest absolute Gasteiger partial charge is 0.282 e. The zero-order valence-corrected chi connectivity index (χ0v) is 10.3. The molecule has 1 saturated carbocycles. The third kappa shape index (κ3) is 1.65. The van der Waals surface area contributed by atoms with Gasteiger partial charge in [0.1, 0.15) is 0 Å². The number of carbonyl (C=O) groups excluding carboxylic acids is 2. The van der Waals surface area contributed by atoms with Gasteiger partial charge in [0.15, 0.2) is 0 Å². The highest BCUT2D eigenvalue weighted by molar-refractivity contribution is 6.06. The Hall–Kier alpha value is -1.38. The number of allylic oxidation sites excluding steroid dienone is 2. The van der Waals surface area contributed by atoms with Crippen LogP contribution in [0.5, 0.6) is 0 Å². The number of hydrogen-bond acceptors (Lipinski definition) is 2. The van der Waals surface area contributed by atoms with Crippen LogP contribution >= 0.6 is 0 Å². The van der Waals surface area contributed by atoms with Crippen molar-refractivity contribution in [3.05, 3.63) is 25.3 Å². The lowest BCUT2D eigenvalue weighted by molar-refractivity contribution is -0.140. The minimum absolute atomic E-state index is 0.00361. The Morgan fingerprint density at radius 1 is 1.18 bits per heavy atom. The molecule has 4 unspecified atom stereocenters. The summed E-state index contributed by atoms with van der Waals surface area (Å²) >= 11 is 0. The van der Waals surface area contributed by atoms with E-state index in [2.05, 4.69) is 13.2 Å². The molecule has 0 spiro atoms. The summed E-state index contributed by atoms with van der Waals surface area (Å²) in [6.45, 7) is 10.1. The summed E-state index contributed by atoms with van der Waals surface area (Å²) < 4.78 is 0. The first-order valence-electron chi connectivity index (χ1n) is 6.26. The van der Waals surface area contributed by atoms with E-state index in [9.17, 15) is 9.59 Å². The molecule has 0 aromatic heterocycles. The van der Waals surface area contributed by atoms with Crippen molar-refractivity contribution >= 4 is 11.8 Å². The normalized spacial score (nSPS) is 36.2. The molecule has 4 atom stereocenters. The van der Waals surface area contributed by atoms with E-state index < -0.39 is 0 Å². The van der Waals surface area contributed by atoms with Gasteiger partial charge in [-0.25, -0.2) is 0 Å². The Kier molecular flexibility index (Phi) is 3.18. The SMILES string of the molecule is C=CC1CC(C=C)C2C(=O)N(CCC)C(=O)C12. The summed E-state index contributed by atoms with van der Waals surface area (Å²) in [5, 5.41) is 0. The first-order valence-corrected chi connectivity index (χ1v) is 6.26. The molecule has 0 aromatic rings. The Bertz CT molecular complexity index is 342. The maximum absolute atomic E-state index is 12.2.